The fourth-order valence-electron chi connectivity index (χ4n) is 1.63. The van der Waals surface area contributed by atoms with Gasteiger partial charge in [0.05, 0.1) is 23.1 Å². The predicted molar refractivity (Wildman–Crippen MR) is 80.0 cm³/mol. The SMILES string of the molecule is Cc1ccc(NC(=O)Nc2cc(Cl)ccc2C(=O)O)cn1. The molecular weight excluding hydrogens is 294 g/mol. The van der Waals surface area contributed by atoms with Crippen LogP contribution in [-0.4, -0.2) is 22.1 Å². The van der Waals surface area contributed by atoms with Crippen LogP contribution in [0.25, 0.3) is 0 Å². The highest BCUT2D eigenvalue weighted by Crippen LogP contribution is 2.21. The van der Waals surface area contributed by atoms with Gasteiger partial charge in [0.15, 0.2) is 0 Å². The maximum atomic E-state index is 11.9. The number of amides is 2. The molecule has 0 radical (unpaired) electrons. The second-order valence-corrected chi connectivity index (χ2v) is 4.70. The van der Waals surface area contributed by atoms with Gasteiger partial charge in [0, 0.05) is 10.7 Å². The van der Waals surface area contributed by atoms with Crippen LogP contribution in [-0.2, 0) is 0 Å². The van der Waals surface area contributed by atoms with Crippen molar-refractivity contribution in [1.82, 2.24) is 4.98 Å². The number of hydrogen-bond acceptors (Lipinski definition) is 3. The summed E-state index contributed by atoms with van der Waals surface area (Å²) in [6.07, 6.45) is 1.50. The number of aromatic nitrogens is 1. The molecule has 2 amide bonds. The van der Waals surface area contributed by atoms with Gasteiger partial charge < -0.3 is 15.7 Å². The highest BCUT2D eigenvalue weighted by atomic mass is 35.5. The Morgan fingerprint density at radius 3 is 2.57 bits per heavy atom. The Labute approximate surface area is 125 Å². The van der Waals surface area contributed by atoms with Gasteiger partial charge in [0.2, 0.25) is 0 Å². The molecule has 21 heavy (non-hydrogen) atoms. The number of pyridine rings is 1. The van der Waals surface area contributed by atoms with E-state index in [1.807, 2.05) is 6.92 Å². The first kappa shape index (κ1) is 14.8. The van der Waals surface area contributed by atoms with Crippen molar-refractivity contribution in [3.05, 3.63) is 52.8 Å². The van der Waals surface area contributed by atoms with Crippen LogP contribution in [0, 0.1) is 6.92 Å². The Morgan fingerprint density at radius 1 is 1.19 bits per heavy atom. The van der Waals surface area contributed by atoms with Crippen molar-refractivity contribution in [3.63, 3.8) is 0 Å². The minimum Gasteiger partial charge on any atom is -0.478 e. The number of rotatable bonds is 3. The van der Waals surface area contributed by atoms with E-state index in [1.54, 1.807) is 12.1 Å². The second kappa shape index (κ2) is 6.23. The first-order valence-electron chi connectivity index (χ1n) is 5.99. The lowest BCUT2D eigenvalue weighted by molar-refractivity contribution is 0.0698. The summed E-state index contributed by atoms with van der Waals surface area (Å²) in [6.45, 7) is 1.83. The fourth-order valence-corrected chi connectivity index (χ4v) is 1.80. The van der Waals surface area contributed by atoms with Gasteiger partial charge in [0.1, 0.15) is 0 Å². The average molecular weight is 306 g/mol. The van der Waals surface area contributed by atoms with Gasteiger partial charge in [-0.2, -0.15) is 0 Å². The number of benzene rings is 1. The van der Waals surface area contributed by atoms with E-state index < -0.39 is 12.0 Å². The Bertz CT molecular complexity index is 686. The largest absolute Gasteiger partial charge is 0.478 e. The van der Waals surface area contributed by atoms with Crippen molar-refractivity contribution in [1.29, 1.82) is 0 Å². The van der Waals surface area contributed by atoms with Crippen LogP contribution < -0.4 is 10.6 Å². The van der Waals surface area contributed by atoms with Crippen LogP contribution in [0.4, 0.5) is 16.2 Å². The molecule has 0 fully saturated rings. The minimum absolute atomic E-state index is 0.0448. The van der Waals surface area contributed by atoms with E-state index in [9.17, 15) is 9.59 Å². The number of urea groups is 1. The normalized spacial score (nSPS) is 10.0. The zero-order valence-electron chi connectivity index (χ0n) is 11.1. The molecule has 0 saturated heterocycles. The van der Waals surface area contributed by atoms with E-state index in [1.165, 1.54) is 24.4 Å². The Balaban J connectivity index is 2.14. The van der Waals surface area contributed by atoms with E-state index >= 15 is 0 Å². The quantitative estimate of drug-likeness (QED) is 0.810. The third-order valence-electron chi connectivity index (χ3n) is 2.63. The minimum atomic E-state index is -1.15. The number of carbonyl (C=O) groups is 2. The molecule has 0 unspecified atom stereocenters. The number of carboxylic acid groups (broad SMARTS) is 1. The second-order valence-electron chi connectivity index (χ2n) is 4.26. The van der Waals surface area contributed by atoms with Crippen molar-refractivity contribution >= 4 is 35.0 Å². The van der Waals surface area contributed by atoms with E-state index in [2.05, 4.69) is 15.6 Å². The number of hydrogen-bond donors (Lipinski definition) is 3. The Kier molecular flexibility index (Phi) is 4.39. The number of nitrogens with one attached hydrogen (secondary N) is 2. The van der Waals surface area contributed by atoms with Crippen molar-refractivity contribution in [2.24, 2.45) is 0 Å². The molecule has 0 atom stereocenters. The van der Waals surface area contributed by atoms with E-state index in [0.29, 0.717) is 10.7 Å². The van der Waals surface area contributed by atoms with E-state index in [4.69, 9.17) is 16.7 Å². The molecule has 0 aliphatic rings. The molecule has 1 heterocycles. The van der Waals surface area contributed by atoms with Gasteiger partial charge in [-0.05, 0) is 37.3 Å². The molecule has 2 aromatic rings. The van der Waals surface area contributed by atoms with Crippen LogP contribution in [0.5, 0.6) is 0 Å². The highest BCUT2D eigenvalue weighted by molar-refractivity contribution is 6.31. The highest BCUT2D eigenvalue weighted by Gasteiger charge is 2.13. The van der Waals surface area contributed by atoms with Gasteiger partial charge in [-0.3, -0.25) is 4.98 Å². The summed E-state index contributed by atoms with van der Waals surface area (Å²) in [6, 6.07) is 7.00. The molecule has 0 bridgehead atoms. The van der Waals surface area contributed by atoms with Gasteiger partial charge in [-0.1, -0.05) is 11.6 Å². The molecule has 0 aliphatic carbocycles. The van der Waals surface area contributed by atoms with Crippen molar-refractivity contribution < 1.29 is 14.7 Å². The molecule has 3 N–H and O–H groups in total. The van der Waals surface area contributed by atoms with Gasteiger partial charge >= 0.3 is 12.0 Å². The Hall–Kier alpha value is -2.60. The molecule has 7 heteroatoms. The summed E-state index contributed by atoms with van der Waals surface area (Å²) in [5.41, 5.74) is 1.39. The molecule has 108 valence electrons. The number of carboxylic acids is 1. The molecule has 2 rings (SSSR count). The summed E-state index contributed by atoms with van der Waals surface area (Å²) in [5, 5.41) is 14.4. The number of nitrogens with zero attached hydrogens (tertiary/aromatic N) is 1. The smallest absolute Gasteiger partial charge is 0.337 e. The van der Waals surface area contributed by atoms with Crippen molar-refractivity contribution in [2.45, 2.75) is 6.92 Å². The summed E-state index contributed by atoms with van der Waals surface area (Å²) in [4.78, 5) is 27.0. The summed E-state index contributed by atoms with van der Waals surface area (Å²) in [7, 11) is 0. The first-order valence-corrected chi connectivity index (χ1v) is 6.37. The maximum Gasteiger partial charge on any atom is 0.337 e. The third-order valence-corrected chi connectivity index (χ3v) is 2.86. The standard InChI is InChI=1S/C14H12ClN3O3/c1-8-2-4-10(7-16-8)17-14(21)18-12-6-9(15)3-5-11(12)13(19)20/h2-7H,1H3,(H,19,20)(H2,17,18,21). The summed E-state index contributed by atoms with van der Waals surface area (Å²) in [5.74, 6) is -1.15. The van der Waals surface area contributed by atoms with Crippen LogP contribution in [0.1, 0.15) is 16.1 Å². The predicted octanol–water partition coefficient (Wildman–Crippen LogP) is 3.39. The lowest BCUT2D eigenvalue weighted by atomic mass is 10.2. The van der Waals surface area contributed by atoms with Crippen LogP contribution in [0.3, 0.4) is 0 Å². The first-order chi connectivity index (χ1) is 9.95. The molecule has 0 saturated carbocycles. The van der Waals surface area contributed by atoms with Crippen LogP contribution >= 0.6 is 11.6 Å². The zero-order chi connectivity index (χ0) is 15.4. The van der Waals surface area contributed by atoms with Gasteiger partial charge in [-0.25, -0.2) is 9.59 Å². The monoisotopic (exact) mass is 305 g/mol. The fraction of sp³-hybridized carbons (Fsp3) is 0.0714. The van der Waals surface area contributed by atoms with Gasteiger partial charge in [0.25, 0.3) is 0 Å². The summed E-state index contributed by atoms with van der Waals surface area (Å²) < 4.78 is 0. The van der Waals surface area contributed by atoms with Crippen molar-refractivity contribution in [3.8, 4) is 0 Å². The molecule has 0 spiro atoms. The van der Waals surface area contributed by atoms with Gasteiger partial charge in [-0.15, -0.1) is 0 Å². The lowest BCUT2D eigenvalue weighted by Crippen LogP contribution is -2.21. The zero-order valence-corrected chi connectivity index (χ0v) is 11.8. The lowest BCUT2D eigenvalue weighted by Gasteiger charge is -2.10. The summed E-state index contributed by atoms with van der Waals surface area (Å²) >= 11 is 5.81. The average Bonchev–Trinajstić information content (AvgIpc) is 2.41. The van der Waals surface area contributed by atoms with Crippen molar-refractivity contribution in [2.75, 3.05) is 10.6 Å². The molecule has 0 aliphatic heterocycles. The Morgan fingerprint density at radius 2 is 1.95 bits per heavy atom. The number of aromatic carboxylic acids is 1. The number of carbonyl (C=O) groups excluding carboxylic acids is 1. The molecule has 6 nitrogen and oxygen atoms in total. The van der Waals surface area contributed by atoms with Crippen LogP contribution in [0.2, 0.25) is 5.02 Å². The maximum absolute atomic E-state index is 11.9. The topological polar surface area (TPSA) is 91.3 Å². The van der Waals surface area contributed by atoms with Crippen LogP contribution in [0.15, 0.2) is 36.5 Å². The molecular formula is C14H12ClN3O3. The number of anilines is 2. The van der Waals surface area contributed by atoms with E-state index in [-0.39, 0.29) is 11.3 Å². The number of aryl methyl sites for hydroxylation is 1. The van der Waals surface area contributed by atoms with E-state index in [0.717, 1.165) is 5.69 Å². The molecule has 1 aromatic carbocycles. The number of halogens is 1. The molecule has 1 aromatic heterocycles. The third kappa shape index (κ3) is 3.93.